The van der Waals surface area contributed by atoms with Crippen LogP contribution in [0.3, 0.4) is 0 Å². The van der Waals surface area contributed by atoms with Gasteiger partial charge in [-0.15, -0.1) is 11.3 Å². The molecule has 0 aliphatic rings. The van der Waals surface area contributed by atoms with Crippen molar-refractivity contribution in [3.8, 4) is 5.75 Å². The minimum atomic E-state index is -0.604. The van der Waals surface area contributed by atoms with Gasteiger partial charge >= 0.3 is 5.69 Å². The Morgan fingerprint density at radius 1 is 1.10 bits per heavy atom. The van der Waals surface area contributed by atoms with Gasteiger partial charge in [0.25, 0.3) is 5.56 Å². The van der Waals surface area contributed by atoms with E-state index in [9.17, 15) is 18.8 Å². The molecule has 158 valence electrons. The smallest absolute Gasteiger partial charge is 0.332 e. The highest BCUT2D eigenvalue weighted by Gasteiger charge is 2.17. The summed E-state index contributed by atoms with van der Waals surface area (Å²) < 4.78 is 21.3. The number of nitrogens with one attached hydrogen (secondary N) is 1. The molecule has 0 atom stereocenters. The van der Waals surface area contributed by atoms with Crippen molar-refractivity contribution in [2.24, 2.45) is 0 Å². The summed E-state index contributed by atoms with van der Waals surface area (Å²) in [5.41, 5.74) is 0.360. The van der Waals surface area contributed by atoms with Crippen molar-refractivity contribution >= 4 is 33.1 Å². The number of fused-ring (bicyclic) bond motifs is 1. The van der Waals surface area contributed by atoms with Gasteiger partial charge in [-0.05, 0) is 47.3 Å². The van der Waals surface area contributed by atoms with Crippen LogP contribution in [-0.4, -0.2) is 22.2 Å². The van der Waals surface area contributed by atoms with Gasteiger partial charge in [0, 0.05) is 5.69 Å². The first kappa shape index (κ1) is 20.5. The van der Waals surface area contributed by atoms with Gasteiger partial charge < -0.3 is 10.1 Å². The van der Waals surface area contributed by atoms with Crippen molar-refractivity contribution in [1.29, 1.82) is 0 Å². The van der Waals surface area contributed by atoms with Gasteiger partial charge in [-0.25, -0.2) is 9.18 Å². The van der Waals surface area contributed by atoms with E-state index in [0.29, 0.717) is 21.5 Å². The highest BCUT2D eigenvalue weighted by Crippen LogP contribution is 2.17. The zero-order valence-electron chi connectivity index (χ0n) is 16.5. The van der Waals surface area contributed by atoms with Gasteiger partial charge in [0.05, 0.1) is 19.2 Å². The predicted octanol–water partition coefficient (Wildman–Crippen LogP) is 3.06. The van der Waals surface area contributed by atoms with E-state index in [0.717, 1.165) is 4.57 Å². The molecule has 0 saturated carbocycles. The van der Waals surface area contributed by atoms with Crippen LogP contribution in [0.1, 0.15) is 5.56 Å². The van der Waals surface area contributed by atoms with Crippen LogP contribution in [-0.2, 0) is 17.9 Å². The molecule has 2 aromatic carbocycles. The number of thiophene rings is 1. The minimum absolute atomic E-state index is 0.0359. The van der Waals surface area contributed by atoms with Crippen molar-refractivity contribution in [2.75, 3.05) is 12.4 Å². The lowest BCUT2D eigenvalue weighted by atomic mass is 10.2. The molecular weight excluding hydrogens is 421 g/mol. The van der Waals surface area contributed by atoms with Gasteiger partial charge in [0.2, 0.25) is 5.91 Å². The maximum atomic E-state index is 13.4. The molecular formula is C22H18FN3O4S. The molecule has 1 N–H and O–H groups in total. The van der Waals surface area contributed by atoms with Crippen molar-refractivity contribution < 1.29 is 13.9 Å². The summed E-state index contributed by atoms with van der Waals surface area (Å²) in [6.45, 7) is -0.283. The fraction of sp³-hybridized carbons (Fsp3) is 0.136. The Hall–Kier alpha value is -3.72. The van der Waals surface area contributed by atoms with Crippen molar-refractivity contribution in [2.45, 2.75) is 13.1 Å². The largest absolute Gasteiger partial charge is 0.497 e. The number of amides is 1. The van der Waals surface area contributed by atoms with Crippen LogP contribution < -0.4 is 21.3 Å². The summed E-state index contributed by atoms with van der Waals surface area (Å²) in [5, 5.41) is 4.27. The van der Waals surface area contributed by atoms with Crippen LogP contribution in [0.15, 0.2) is 69.6 Å². The first-order chi connectivity index (χ1) is 15.0. The number of rotatable bonds is 6. The third kappa shape index (κ3) is 4.26. The summed E-state index contributed by atoms with van der Waals surface area (Å²) in [7, 11) is 1.53. The molecule has 0 unspecified atom stereocenters. The molecule has 4 rings (SSSR count). The van der Waals surface area contributed by atoms with Crippen LogP contribution in [0.4, 0.5) is 10.1 Å². The molecule has 0 spiro atoms. The summed E-state index contributed by atoms with van der Waals surface area (Å²) in [6, 6.07) is 14.2. The second-order valence-corrected chi connectivity index (χ2v) is 7.72. The van der Waals surface area contributed by atoms with Gasteiger partial charge in [-0.3, -0.25) is 18.7 Å². The molecule has 1 amide bonds. The maximum Gasteiger partial charge on any atom is 0.332 e. The number of nitrogens with zero attached hydrogens (tertiary/aromatic N) is 2. The Morgan fingerprint density at radius 2 is 1.90 bits per heavy atom. The lowest BCUT2D eigenvalue weighted by Crippen LogP contribution is -2.41. The third-order valence-corrected chi connectivity index (χ3v) is 5.61. The van der Waals surface area contributed by atoms with Crippen LogP contribution in [0.5, 0.6) is 5.75 Å². The first-order valence-electron chi connectivity index (χ1n) is 9.35. The van der Waals surface area contributed by atoms with Crippen LogP contribution in [0, 0.1) is 5.82 Å². The first-order valence-corrected chi connectivity index (χ1v) is 10.2. The number of anilines is 1. The highest BCUT2D eigenvalue weighted by molar-refractivity contribution is 7.17. The van der Waals surface area contributed by atoms with E-state index >= 15 is 0 Å². The third-order valence-electron chi connectivity index (χ3n) is 4.72. The lowest BCUT2D eigenvalue weighted by Gasteiger charge is -2.13. The quantitative estimate of drug-likeness (QED) is 0.501. The minimum Gasteiger partial charge on any atom is -0.497 e. The molecule has 0 saturated heterocycles. The summed E-state index contributed by atoms with van der Waals surface area (Å²) in [4.78, 5) is 38.6. The maximum absolute atomic E-state index is 13.4. The van der Waals surface area contributed by atoms with E-state index in [4.69, 9.17) is 4.74 Å². The number of carbonyl (C=O) groups is 1. The second-order valence-electron chi connectivity index (χ2n) is 6.81. The normalized spacial score (nSPS) is 10.9. The highest BCUT2D eigenvalue weighted by atomic mass is 32.1. The van der Waals surface area contributed by atoms with Crippen LogP contribution in [0.2, 0.25) is 0 Å². The Morgan fingerprint density at radius 3 is 2.68 bits per heavy atom. The van der Waals surface area contributed by atoms with Gasteiger partial charge in [0.1, 0.15) is 22.8 Å². The van der Waals surface area contributed by atoms with Crippen LogP contribution in [0.25, 0.3) is 10.2 Å². The van der Waals surface area contributed by atoms with Gasteiger partial charge in [0.15, 0.2) is 0 Å². The Kier molecular flexibility index (Phi) is 5.68. The van der Waals surface area contributed by atoms with E-state index in [1.54, 1.807) is 41.8 Å². The number of halogens is 1. The fourth-order valence-electron chi connectivity index (χ4n) is 3.29. The van der Waals surface area contributed by atoms with Crippen molar-refractivity contribution in [3.05, 3.63) is 92.2 Å². The molecule has 0 fully saturated rings. The summed E-state index contributed by atoms with van der Waals surface area (Å²) in [6.07, 6.45) is 0. The fourth-order valence-corrected chi connectivity index (χ4v) is 4.13. The average molecular weight is 439 g/mol. The predicted molar refractivity (Wildman–Crippen MR) is 117 cm³/mol. The zero-order valence-corrected chi connectivity index (χ0v) is 17.3. The molecule has 0 aliphatic heterocycles. The van der Waals surface area contributed by atoms with E-state index in [2.05, 4.69) is 5.32 Å². The van der Waals surface area contributed by atoms with Crippen molar-refractivity contribution in [3.63, 3.8) is 0 Å². The van der Waals surface area contributed by atoms with E-state index in [1.807, 2.05) is 0 Å². The molecule has 9 heteroatoms. The molecule has 0 radical (unpaired) electrons. The molecule has 31 heavy (non-hydrogen) atoms. The molecule has 0 bridgehead atoms. The monoisotopic (exact) mass is 439 g/mol. The topological polar surface area (TPSA) is 82.3 Å². The standard InChI is InChI=1S/C22H18FN3O4S/c1-30-17-7-2-4-14(10-17)12-26-21(28)20-18(8-9-31-20)25(22(26)29)13-19(27)24-16-6-3-5-15(23)11-16/h2-11H,12-13H2,1H3,(H,24,27). The number of hydrogen-bond acceptors (Lipinski definition) is 5. The molecule has 2 aromatic heterocycles. The molecule has 7 nitrogen and oxygen atoms in total. The molecule has 2 heterocycles. The average Bonchev–Trinajstić information content (AvgIpc) is 3.24. The van der Waals surface area contributed by atoms with E-state index in [1.165, 1.54) is 41.2 Å². The van der Waals surface area contributed by atoms with Crippen LogP contribution >= 0.6 is 11.3 Å². The molecule has 4 aromatic rings. The molecule has 0 aliphatic carbocycles. The summed E-state index contributed by atoms with van der Waals surface area (Å²) in [5.74, 6) is -0.383. The van der Waals surface area contributed by atoms with Crippen molar-refractivity contribution in [1.82, 2.24) is 9.13 Å². The number of methoxy groups -OCH3 is 1. The number of benzene rings is 2. The Bertz CT molecular complexity index is 1390. The zero-order chi connectivity index (χ0) is 22.0. The summed E-state index contributed by atoms with van der Waals surface area (Å²) >= 11 is 1.20. The number of ether oxygens (including phenoxy) is 1. The lowest BCUT2D eigenvalue weighted by molar-refractivity contribution is -0.116. The Labute approximate surface area is 180 Å². The number of carbonyl (C=O) groups excluding carboxylic acids is 1. The SMILES string of the molecule is COc1cccc(Cn2c(=O)c3sccc3n(CC(=O)Nc3cccc(F)c3)c2=O)c1. The van der Waals surface area contributed by atoms with Gasteiger partial charge in [-0.2, -0.15) is 0 Å². The second kappa shape index (κ2) is 8.57. The van der Waals surface area contributed by atoms with Gasteiger partial charge in [-0.1, -0.05) is 18.2 Å². The number of hydrogen-bond donors (Lipinski definition) is 1. The van der Waals surface area contributed by atoms with E-state index in [-0.39, 0.29) is 18.8 Å². The van der Waals surface area contributed by atoms with E-state index < -0.39 is 23.0 Å². The Balaban J connectivity index is 1.71. The number of aromatic nitrogens is 2.